The smallest absolute Gasteiger partial charge is 0.379 e. The van der Waals surface area contributed by atoms with Gasteiger partial charge in [0.05, 0.1) is 51.4 Å². The van der Waals surface area contributed by atoms with E-state index in [0.29, 0.717) is 57.8 Å². The molecule has 2 bridgehead atoms. The van der Waals surface area contributed by atoms with E-state index in [1.54, 1.807) is 27.7 Å². The molecule has 4 heterocycles. The van der Waals surface area contributed by atoms with E-state index in [1.807, 2.05) is 0 Å². The van der Waals surface area contributed by atoms with E-state index in [4.69, 9.17) is 14.2 Å². The Morgan fingerprint density at radius 1 is 0.595 bits per heavy atom. The first-order valence-electron chi connectivity index (χ1n) is 39.9. The fourth-order valence-electron chi connectivity index (χ4n) is 17.7. The summed E-state index contributed by atoms with van der Waals surface area (Å²) in [7, 11) is 7.97. The molecule has 8 fully saturated rings. The molecule has 4 aliphatic heterocycles. The summed E-state index contributed by atoms with van der Waals surface area (Å²) in [6, 6.07) is -11.6. The predicted octanol–water partition coefficient (Wildman–Crippen LogP) is 5.34. The van der Waals surface area contributed by atoms with Gasteiger partial charge in [-0.1, -0.05) is 46.0 Å². The second kappa shape index (κ2) is 39.3. The van der Waals surface area contributed by atoms with E-state index in [9.17, 15) is 45.5 Å². The highest BCUT2D eigenvalue weighted by molar-refractivity contribution is 6.01. The Morgan fingerprint density at radius 2 is 1.23 bits per heavy atom. The molecule has 8 rings (SSSR count). The van der Waals surface area contributed by atoms with Crippen LogP contribution in [0, 0.1) is 35.5 Å². The molecule has 628 valence electrons. The molecule has 4 saturated heterocycles. The molecular weight excluding hydrogens is 1470 g/mol. The van der Waals surface area contributed by atoms with Crippen molar-refractivity contribution in [2.24, 2.45) is 35.5 Å². The number of likely N-dealkylation sites (N-methyl/N-ethyl adjacent to an activating group) is 6. The van der Waals surface area contributed by atoms with Crippen molar-refractivity contribution in [1.82, 2.24) is 60.0 Å². The maximum absolute atomic E-state index is 15.7. The molecule has 35 heteroatoms. The Bertz CT molecular complexity index is 3250. The zero-order valence-electron chi connectivity index (χ0n) is 66.0. The number of morpholine rings is 1. The third-order valence-corrected chi connectivity index (χ3v) is 24.9. The summed E-state index contributed by atoms with van der Waals surface area (Å²) in [4.78, 5) is 193. The topological polar surface area (TPSA) is 298 Å². The molecule has 4 saturated carbocycles. The number of halogens is 8. The lowest BCUT2D eigenvalue weighted by Gasteiger charge is -2.47. The molecule has 1 spiro atoms. The van der Waals surface area contributed by atoms with Crippen LogP contribution in [0.1, 0.15) is 175 Å². The number of ether oxygens (including phenoxy) is 3. The van der Waals surface area contributed by atoms with Gasteiger partial charge < -0.3 is 74.3 Å². The summed E-state index contributed by atoms with van der Waals surface area (Å²) in [5.41, 5.74) is -1.71. The van der Waals surface area contributed by atoms with E-state index < -0.39 is 236 Å². The van der Waals surface area contributed by atoms with Gasteiger partial charge >= 0.3 is 12.4 Å². The number of carbonyl (C=O) groups is 12. The van der Waals surface area contributed by atoms with Crippen molar-refractivity contribution in [3.05, 3.63) is 0 Å². The molecule has 8 aliphatic rings. The summed E-state index contributed by atoms with van der Waals surface area (Å²) in [6.45, 7) is 5.06. The predicted molar refractivity (Wildman–Crippen MR) is 387 cm³/mol. The van der Waals surface area contributed by atoms with Crippen LogP contribution in [-0.4, -0.2) is 314 Å². The van der Waals surface area contributed by atoms with Crippen molar-refractivity contribution in [2.45, 2.75) is 260 Å². The van der Waals surface area contributed by atoms with E-state index in [0.717, 1.165) is 29.4 Å². The number of hydrogen-bond donors (Lipinski definition) is 3. The SMILES string of the molecule is CCOC[C@H]1C(=O)N[C@@H]([C@@H](C)CC)C(=O)N(C)CC(=O)N(C)[C@H]2CCCCCN(C2=O)[C@@H](CC2CCC(C(F)(F)F)CC2)C(=O)N(C)CC(=O)N[C@@H](CCC2CC(F)C(C(F)(F)F)C(F)C2)C(=O)N2C[C@H](OCC)C[C@H]2C(=O)NC2(CCC2)C(=O)N(C)[C@@H](C2CCCC2)C(=O)N(C)[C@H](C(=O)N2CCOCC2)CC(=O)N1C. The fraction of sp³-hybridized carbons (Fsp3) is 0.842. The number of carbonyl (C=O) groups excluding carboxylic acids is 12. The molecule has 0 aromatic carbocycles. The Labute approximate surface area is 645 Å². The van der Waals surface area contributed by atoms with Crippen LogP contribution in [-0.2, 0) is 71.7 Å². The number of fused-ring (bicyclic) bond motifs is 3. The van der Waals surface area contributed by atoms with Gasteiger partial charge in [-0.05, 0) is 140 Å². The lowest BCUT2D eigenvalue weighted by Crippen LogP contribution is -2.68. The third kappa shape index (κ3) is 21.9. The second-order valence-electron chi connectivity index (χ2n) is 32.2. The lowest BCUT2D eigenvalue weighted by atomic mass is 9.74. The minimum atomic E-state index is -5.22. The van der Waals surface area contributed by atoms with Crippen LogP contribution in [0.3, 0.4) is 0 Å². The first-order chi connectivity index (χ1) is 52.4. The highest BCUT2D eigenvalue weighted by Crippen LogP contribution is 2.46. The van der Waals surface area contributed by atoms with E-state index in [2.05, 4.69) is 16.0 Å². The number of amides is 12. The van der Waals surface area contributed by atoms with Crippen LogP contribution >= 0.6 is 0 Å². The molecule has 111 heavy (non-hydrogen) atoms. The van der Waals surface area contributed by atoms with Gasteiger partial charge in [0.25, 0.3) is 0 Å². The zero-order chi connectivity index (χ0) is 81.7. The number of alkyl halides is 8. The van der Waals surface area contributed by atoms with Gasteiger partial charge in [-0.25, -0.2) is 8.78 Å². The van der Waals surface area contributed by atoms with Crippen molar-refractivity contribution >= 4 is 70.9 Å². The van der Waals surface area contributed by atoms with Crippen LogP contribution in [0.2, 0.25) is 0 Å². The number of rotatable bonds is 14. The maximum Gasteiger partial charge on any atom is 0.397 e. The van der Waals surface area contributed by atoms with Gasteiger partial charge in [-0.3, -0.25) is 57.5 Å². The van der Waals surface area contributed by atoms with Crippen molar-refractivity contribution < 1.29 is 107 Å². The van der Waals surface area contributed by atoms with E-state index >= 15 is 47.1 Å². The highest BCUT2D eigenvalue weighted by atomic mass is 19.4. The van der Waals surface area contributed by atoms with Gasteiger partial charge in [-0.15, -0.1) is 0 Å². The molecule has 3 N–H and O–H groups in total. The monoisotopic (exact) mass is 1590 g/mol. The van der Waals surface area contributed by atoms with Crippen molar-refractivity contribution in [1.29, 1.82) is 0 Å². The molecule has 0 aromatic rings. The summed E-state index contributed by atoms with van der Waals surface area (Å²) in [5.74, 6) is -16.9. The van der Waals surface area contributed by atoms with Gasteiger partial charge in [0.2, 0.25) is 70.9 Å². The Morgan fingerprint density at radius 3 is 1.81 bits per heavy atom. The highest BCUT2D eigenvalue weighted by Gasteiger charge is 2.56. The minimum absolute atomic E-state index is 0.00243. The summed E-state index contributed by atoms with van der Waals surface area (Å²) in [5, 5.41) is 8.38. The third-order valence-electron chi connectivity index (χ3n) is 24.9. The average Bonchev–Trinajstić information content (AvgIpc) is 1.71. The molecule has 4 aliphatic carbocycles. The van der Waals surface area contributed by atoms with E-state index in [1.165, 1.54) is 57.0 Å². The molecule has 12 amide bonds. The zero-order valence-corrected chi connectivity index (χ0v) is 66.0. The minimum Gasteiger partial charge on any atom is -0.379 e. The quantitative estimate of drug-likeness (QED) is 0.185. The van der Waals surface area contributed by atoms with Crippen molar-refractivity contribution in [2.75, 3.05) is 115 Å². The summed E-state index contributed by atoms with van der Waals surface area (Å²) < 4.78 is 133. The first-order valence-corrected chi connectivity index (χ1v) is 39.9. The van der Waals surface area contributed by atoms with Crippen LogP contribution in [0.4, 0.5) is 35.1 Å². The first kappa shape index (κ1) is 89.5. The van der Waals surface area contributed by atoms with Gasteiger partial charge in [0.1, 0.15) is 72.1 Å². The normalized spacial score (nSPS) is 32.1. The molecule has 27 nitrogen and oxygen atoms in total. The largest absolute Gasteiger partial charge is 0.397 e. The van der Waals surface area contributed by atoms with Crippen molar-refractivity contribution in [3.63, 3.8) is 0 Å². The van der Waals surface area contributed by atoms with Gasteiger partial charge in [0, 0.05) is 88.1 Å². The molecule has 2 unspecified atom stereocenters. The van der Waals surface area contributed by atoms with Gasteiger partial charge in [-0.2, -0.15) is 26.3 Å². The van der Waals surface area contributed by atoms with Crippen molar-refractivity contribution in [3.8, 4) is 0 Å². The Hall–Kier alpha value is -7.04. The van der Waals surface area contributed by atoms with Crippen LogP contribution in [0.15, 0.2) is 0 Å². The average molecular weight is 1590 g/mol. The van der Waals surface area contributed by atoms with Gasteiger partial charge in [0.15, 0.2) is 0 Å². The number of nitrogens with one attached hydrogen (secondary N) is 3. The second-order valence-corrected chi connectivity index (χ2v) is 32.2. The van der Waals surface area contributed by atoms with Crippen LogP contribution in [0.5, 0.6) is 0 Å². The van der Waals surface area contributed by atoms with Crippen LogP contribution in [0.25, 0.3) is 0 Å². The van der Waals surface area contributed by atoms with E-state index in [-0.39, 0.29) is 117 Å². The number of hydrogen-bond acceptors (Lipinski definition) is 15. The summed E-state index contributed by atoms with van der Waals surface area (Å²) >= 11 is 0. The Kier molecular flexibility index (Phi) is 31.7. The fourth-order valence-corrected chi connectivity index (χ4v) is 17.7. The molecule has 12 atom stereocenters. The number of nitrogens with zero attached hydrogens (tertiary/aromatic N) is 9. The molecule has 0 radical (unpaired) electrons. The summed E-state index contributed by atoms with van der Waals surface area (Å²) in [6.07, 6.45) is -15.5. The molecule has 0 aromatic heterocycles. The maximum atomic E-state index is 15.7. The van der Waals surface area contributed by atoms with Crippen LogP contribution < -0.4 is 16.0 Å². The standard InChI is InChI=1S/C76H118F8N12O15/c1-11-45(4)63-71(106)89(6)43-61(99)90(7)54-22-15-14-18-31-95(70(54)105)57(38-46-23-26-49(27-24-46)75(79,80)81)68(103)88(5)42-59(97)85-53(28-25-47-36-51(77)62(52(78)37-47)76(82,83)84)67(102)96-41-50(111-13-3)39-55(96)66(101)87-74(29-19-30-74)73(108)93(10)64(48-20-16-17-21-48)72(107)92(9)56(69(104)94-32-34-110-35-33-94)40-60(98)91(8)58(44-109-12-2)65(100)86-63/h45-58,62-64H,11-44H2,1-10H3,(H,85,97)(H,86,100)(H,87,101)/t45-,46?,47?,49?,50+,51?,52?,53-,54-,55-,56-,57-,58-,62?,63-,64-/m0/s1. The lowest BCUT2D eigenvalue weighted by molar-refractivity contribution is -0.219. The Balaban J connectivity index is 1.21. The molecular formula is C76H118F8N12O15.